The second-order valence-corrected chi connectivity index (χ2v) is 7.22. The van der Waals surface area contributed by atoms with E-state index < -0.39 is 0 Å². The maximum absolute atomic E-state index is 13.0. The molecule has 1 aliphatic heterocycles. The minimum Gasteiger partial charge on any atom is -0.337 e. The summed E-state index contributed by atoms with van der Waals surface area (Å²) in [6.45, 7) is 3.88. The first-order valence-electron chi connectivity index (χ1n) is 8.33. The number of carbonyl (C=O) groups excluding carboxylic acids is 1. The third kappa shape index (κ3) is 4.99. The molecular weight excluding hydrogens is 339 g/mol. The van der Waals surface area contributed by atoms with E-state index in [0.29, 0.717) is 26.1 Å². The molecule has 0 bridgehead atoms. The van der Waals surface area contributed by atoms with Crippen LogP contribution in [0.1, 0.15) is 24.5 Å². The summed E-state index contributed by atoms with van der Waals surface area (Å²) < 4.78 is 13.0. The molecule has 0 radical (unpaired) electrons. The third-order valence-corrected chi connectivity index (χ3v) is 4.81. The number of rotatable bonds is 7. The van der Waals surface area contributed by atoms with Crippen LogP contribution in [0.4, 0.5) is 4.39 Å². The smallest absolute Gasteiger partial charge is 0.224 e. The number of benzene rings is 1. The molecule has 1 amide bonds. The Morgan fingerprint density at radius 1 is 1.24 bits per heavy atom. The molecule has 25 heavy (non-hydrogen) atoms. The summed E-state index contributed by atoms with van der Waals surface area (Å²) in [6.07, 6.45) is 4.13. The maximum Gasteiger partial charge on any atom is 0.224 e. The summed E-state index contributed by atoms with van der Waals surface area (Å²) in [4.78, 5) is 22.6. The van der Waals surface area contributed by atoms with E-state index in [1.54, 1.807) is 23.9 Å². The molecule has 1 atom stereocenters. The SMILES string of the molecule is CCSc1ncc(CN[C@H]2CC(=O)N(Cc3ccc(F)cc3)C2)cn1. The van der Waals surface area contributed by atoms with E-state index in [0.717, 1.165) is 22.0 Å². The summed E-state index contributed by atoms with van der Waals surface area (Å²) in [5.41, 5.74) is 1.94. The van der Waals surface area contributed by atoms with Crippen molar-refractivity contribution in [3.05, 3.63) is 53.6 Å². The zero-order valence-electron chi connectivity index (χ0n) is 14.1. The van der Waals surface area contributed by atoms with Gasteiger partial charge in [-0.1, -0.05) is 30.8 Å². The minimum atomic E-state index is -0.262. The molecule has 1 aliphatic rings. The van der Waals surface area contributed by atoms with E-state index >= 15 is 0 Å². The highest BCUT2D eigenvalue weighted by atomic mass is 32.2. The largest absolute Gasteiger partial charge is 0.337 e. The van der Waals surface area contributed by atoms with Crippen LogP contribution in [0.25, 0.3) is 0 Å². The number of hydrogen-bond acceptors (Lipinski definition) is 5. The number of likely N-dealkylation sites (tertiary alicyclic amines) is 1. The van der Waals surface area contributed by atoms with Crippen molar-refractivity contribution in [2.75, 3.05) is 12.3 Å². The summed E-state index contributed by atoms with van der Waals surface area (Å²) in [5, 5.41) is 4.18. The molecule has 2 aromatic rings. The van der Waals surface area contributed by atoms with Gasteiger partial charge < -0.3 is 10.2 Å². The number of hydrogen-bond donors (Lipinski definition) is 1. The van der Waals surface area contributed by atoms with Crippen molar-refractivity contribution in [3.8, 4) is 0 Å². The van der Waals surface area contributed by atoms with Crippen LogP contribution in [0.2, 0.25) is 0 Å². The molecule has 1 aromatic carbocycles. The number of nitrogens with zero attached hydrogens (tertiary/aromatic N) is 3. The van der Waals surface area contributed by atoms with Crippen LogP contribution in [0, 0.1) is 5.82 Å². The lowest BCUT2D eigenvalue weighted by Crippen LogP contribution is -2.32. The second kappa shape index (κ2) is 8.40. The van der Waals surface area contributed by atoms with Gasteiger partial charge >= 0.3 is 0 Å². The molecule has 0 saturated carbocycles. The number of aromatic nitrogens is 2. The fourth-order valence-electron chi connectivity index (χ4n) is 2.77. The van der Waals surface area contributed by atoms with Crippen molar-refractivity contribution in [2.24, 2.45) is 0 Å². The van der Waals surface area contributed by atoms with Gasteiger partial charge in [0.15, 0.2) is 5.16 Å². The van der Waals surface area contributed by atoms with Gasteiger partial charge in [0.2, 0.25) is 5.91 Å². The second-order valence-electron chi connectivity index (χ2n) is 5.99. The van der Waals surface area contributed by atoms with Crippen LogP contribution in [0.5, 0.6) is 0 Å². The molecule has 0 unspecified atom stereocenters. The predicted octanol–water partition coefficient (Wildman–Crippen LogP) is 2.62. The lowest BCUT2D eigenvalue weighted by atomic mass is 10.2. The Morgan fingerprint density at radius 3 is 2.64 bits per heavy atom. The van der Waals surface area contributed by atoms with Crippen LogP contribution in [0.3, 0.4) is 0 Å². The first kappa shape index (κ1) is 17.8. The number of carbonyl (C=O) groups is 1. The normalized spacial score (nSPS) is 17.3. The van der Waals surface area contributed by atoms with Crippen LogP contribution >= 0.6 is 11.8 Å². The van der Waals surface area contributed by atoms with Crippen molar-refractivity contribution in [1.29, 1.82) is 0 Å². The van der Waals surface area contributed by atoms with Gasteiger partial charge in [-0.15, -0.1) is 0 Å². The summed E-state index contributed by atoms with van der Waals surface area (Å²) in [6, 6.07) is 6.39. The zero-order chi connectivity index (χ0) is 17.6. The van der Waals surface area contributed by atoms with E-state index in [1.807, 2.05) is 17.3 Å². The molecule has 132 valence electrons. The van der Waals surface area contributed by atoms with Crippen molar-refractivity contribution in [1.82, 2.24) is 20.2 Å². The first-order chi connectivity index (χ1) is 12.1. The van der Waals surface area contributed by atoms with Gasteiger partial charge in [-0.3, -0.25) is 4.79 Å². The lowest BCUT2D eigenvalue weighted by molar-refractivity contribution is -0.128. The van der Waals surface area contributed by atoms with Crippen molar-refractivity contribution >= 4 is 17.7 Å². The van der Waals surface area contributed by atoms with Gasteiger partial charge in [0, 0.05) is 50.1 Å². The van der Waals surface area contributed by atoms with E-state index in [1.165, 1.54) is 12.1 Å². The zero-order valence-corrected chi connectivity index (χ0v) is 14.9. The highest BCUT2D eigenvalue weighted by molar-refractivity contribution is 7.99. The van der Waals surface area contributed by atoms with E-state index in [-0.39, 0.29) is 17.8 Å². The summed E-state index contributed by atoms with van der Waals surface area (Å²) in [5.74, 6) is 0.806. The maximum atomic E-state index is 13.0. The summed E-state index contributed by atoms with van der Waals surface area (Å²) >= 11 is 1.61. The Labute approximate surface area is 151 Å². The third-order valence-electron chi connectivity index (χ3n) is 4.05. The fourth-order valence-corrected chi connectivity index (χ4v) is 3.28. The minimum absolute atomic E-state index is 0.109. The average molecular weight is 360 g/mol. The van der Waals surface area contributed by atoms with Crippen LogP contribution in [0.15, 0.2) is 41.8 Å². The van der Waals surface area contributed by atoms with Crippen LogP contribution < -0.4 is 5.32 Å². The topological polar surface area (TPSA) is 58.1 Å². The van der Waals surface area contributed by atoms with Gasteiger partial charge in [0.1, 0.15) is 5.82 Å². The molecule has 2 heterocycles. The van der Waals surface area contributed by atoms with Crippen LogP contribution in [-0.4, -0.2) is 39.1 Å². The lowest BCUT2D eigenvalue weighted by Gasteiger charge is -2.17. The quantitative estimate of drug-likeness (QED) is 0.608. The first-order valence-corrected chi connectivity index (χ1v) is 9.32. The molecule has 5 nitrogen and oxygen atoms in total. The highest BCUT2D eigenvalue weighted by Crippen LogP contribution is 2.16. The van der Waals surface area contributed by atoms with Gasteiger partial charge in [-0.25, -0.2) is 14.4 Å². The molecule has 1 N–H and O–H groups in total. The average Bonchev–Trinajstić information content (AvgIpc) is 2.96. The van der Waals surface area contributed by atoms with E-state index in [9.17, 15) is 9.18 Å². The Balaban J connectivity index is 1.49. The van der Waals surface area contributed by atoms with E-state index in [2.05, 4.69) is 22.2 Å². The predicted molar refractivity (Wildman–Crippen MR) is 95.5 cm³/mol. The number of thioether (sulfide) groups is 1. The molecule has 7 heteroatoms. The Morgan fingerprint density at radius 2 is 1.96 bits per heavy atom. The Kier molecular flexibility index (Phi) is 5.99. The van der Waals surface area contributed by atoms with Gasteiger partial charge in [0.05, 0.1) is 0 Å². The number of amides is 1. The summed E-state index contributed by atoms with van der Waals surface area (Å²) in [7, 11) is 0. The van der Waals surface area contributed by atoms with Crippen molar-refractivity contribution in [2.45, 2.75) is 37.6 Å². The fraction of sp³-hybridized carbons (Fsp3) is 0.389. The molecule has 0 aliphatic carbocycles. The molecule has 1 fully saturated rings. The number of nitrogens with one attached hydrogen (secondary N) is 1. The molecule has 1 aromatic heterocycles. The number of halogens is 1. The molecule has 1 saturated heterocycles. The van der Waals surface area contributed by atoms with Crippen LogP contribution in [-0.2, 0) is 17.9 Å². The molecule has 3 rings (SSSR count). The molecular formula is C18H21FN4OS. The van der Waals surface area contributed by atoms with Crippen molar-refractivity contribution in [3.63, 3.8) is 0 Å². The molecule has 0 spiro atoms. The van der Waals surface area contributed by atoms with Gasteiger partial charge in [-0.05, 0) is 23.4 Å². The van der Waals surface area contributed by atoms with Crippen molar-refractivity contribution < 1.29 is 9.18 Å². The Bertz CT molecular complexity index is 708. The van der Waals surface area contributed by atoms with E-state index in [4.69, 9.17) is 0 Å². The highest BCUT2D eigenvalue weighted by Gasteiger charge is 2.29. The Hall–Kier alpha value is -1.99. The monoisotopic (exact) mass is 360 g/mol. The van der Waals surface area contributed by atoms with Gasteiger partial charge in [0.25, 0.3) is 0 Å². The van der Waals surface area contributed by atoms with Gasteiger partial charge in [-0.2, -0.15) is 0 Å². The standard InChI is InChI=1S/C18H21FN4OS/c1-2-25-18-21-9-14(10-22-18)8-20-16-7-17(24)23(12-16)11-13-3-5-15(19)6-4-13/h3-6,9-10,16,20H,2,7-8,11-12H2,1H3/t16-/m0/s1.